The standard InChI is InChI=1S/C26H19Cl4N3O5S2/c27-21-14-11-18(15-23(21)29)33(40(37,38)20-5-2-1-3-6-20)16-25(34)31-17-9-12-19(13-10-17)39(35,36)32-24-8-4-7-22(28)26(24)30/h1-15,32H,16H2,(H,31,34). The van der Waals surface area contributed by atoms with Gasteiger partial charge in [-0.15, -0.1) is 0 Å². The van der Waals surface area contributed by atoms with Gasteiger partial charge in [0.1, 0.15) is 6.54 Å². The Hall–Kier alpha value is -2.99. The summed E-state index contributed by atoms with van der Waals surface area (Å²) in [7, 11) is -8.20. The van der Waals surface area contributed by atoms with E-state index >= 15 is 0 Å². The van der Waals surface area contributed by atoms with Crippen LogP contribution in [0.15, 0.2) is 101 Å². The fraction of sp³-hybridized carbons (Fsp3) is 0.0385. The van der Waals surface area contributed by atoms with Gasteiger partial charge in [0.25, 0.3) is 20.0 Å². The quantitative estimate of drug-likeness (QED) is 0.202. The van der Waals surface area contributed by atoms with E-state index in [0.29, 0.717) is 0 Å². The Morgan fingerprint density at radius 3 is 2.02 bits per heavy atom. The molecule has 4 rings (SSSR count). The van der Waals surface area contributed by atoms with E-state index in [0.717, 1.165) is 4.31 Å². The van der Waals surface area contributed by atoms with Crippen LogP contribution in [0.25, 0.3) is 0 Å². The summed E-state index contributed by atoms with van der Waals surface area (Å²) in [4.78, 5) is 12.8. The van der Waals surface area contributed by atoms with Crippen LogP contribution in [0, 0.1) is 0 Å². The molecule has 40 heavy (non-hydrogen) atoms. The monoisotopic (exact) mass is 657 g/mol. The number of sulfonamides is 2. The summed E-state index contributed by atoms with van der Waals surface area (Å²) in [5.41, 5.74) is 0.463. The minimum Gasteiger partial charge on any atom is -0.325 e. The van der Waals surface area contributed by atoms with Gasteiger partial charge in [-0.25, -0.2) is 16.8 Å². The molecule has 4 aromatic carbocycles. The highest BCUT2D eigenvalue weighted by atomic mass is 35.5. The molecular formula is C26H19Cl4N3O5S2. The first-order valence-corrected chi connectivity index (χ1v) is 15.7. The van der Waals surface area contributed by atoms with Crippen molar-refractivity contribution in [3.05, 3.63) is 111 Å². The van der Waals surface area contributed by atoms with Crippen LogP contribution in [-0.2, 0) is 24.8 Å². The van der Waals surface area contributed by atoms with Crippen LogP contribution >= 0.6 is 46.4 Å². The van der Waals surface area contributed by atoms with E-state index in [9.17, 15) is 21.6 Å². The van der Waals surface area contributed by atoms with Gasteiger partial charge in [0, 0.05) is 5.69 Å². The molecule has 0 aromatic heterocycles. The smallest absolute Gasteiger partial charge is 0.264 e. The predicted molar refractivity (Wildman–Crippen MR) is 160 cm³/mol. The topological polar surface area (TPSA) is 113 Å². The molecule has 0 saturated heterocycles. The average Bonchev–Trinajstić information content (AvgIpc) is 2.92. The van der Waals surface area contributed by atoms with Gasteiger partial charge in [0.15, 0.2) is 0 Å². The molecule has 8 nitrogen and oxygen atoms in total. The fourth-order valence-corrected chi connectivity index (χ4v) is 6.71. The minimum atomic E-state index is -4.17. The van der Waals surface area contributed by atoms with E-state index in [4.69, 9.17) is 46.4 Å². The number of hydrogen-bond donors (Lipinski definition) is 2. The van der Waals surface area contributed by atoms with E-state index in [2.05, 4.69) is 10.0 Å². The van der Waals surface area contributed by atoms with E-state index in [1.807, 2.05) is 0 Å². The third kappa shape index (κ3) is 6.83. The zero-order valence-corrected chi connectivity index (χ0v) is 24.8. The summed E-state index contributed by atoms with van der Waals surface area (Å²) in [5, 5.41) is 3.14. The number of anilines is 3. The van der Waals surface area contributed by atoms with Gasteiger partial charge in [0.2, 0.25) is 5.91 Å². The summed E-state index contributed by atoms with van der Waals surface area (Å²) in [5.74, 6) is -0.690. The Morgan fingerprint density at radius 1 is 0.700 bits per heavy atom. The highest BCUT2D eigenvalue weighted by Gasteiger charge is 2.28. The summed E-state index contributed by atoms with van der Waals surface area (Å²) >= 11 is 24.1. The highest BCUT2D eigenvalue weighted by molar-refractivity contribution is 7.93. The molecule has 0 spiro atoms. The van der Waals surface area contributed by atoms with Crippen LogP contribution in [0.4, 0.5) is 17.1 Å². The maximum atomic E-state index is 13.4. The normalized spacial score (nSPS) is 11.6. The Morgan fingerprint density at radius 2 is 1.38 bits per heavy atom. The number of carbonyl (C=O) groups excluding carboxylic acids is 1. The van der Waals surface area contributed by atoms with Crippen LogP contribution in [0.3, 0.4) is 0 Å². The van der Waals surface area contributed by atoms with Crippen LogP contribution in [-0.4, -0.2) is 29.3 Å². The number of hydrogen-bond acceptors (Lipinski definition) is 5. The predicted octanol–water partition coefficient (Wildman–Crippen LogP) is 6.94. The number of benzene rings is 4. The lowest BCUT2D eigenvalue weighted by Crippen LogP contribution is -2.38. The first-order valence-electron chi connectivity index (χ1n) is 11.3. The SMILES string of the molecule is O=C(CN(c1ccc(Cl)c(Cl)c1)S(=O)(=O)c1ccccc1)Nc1ccc(S(=O)(=O)Nc2cccc(Cl)c2Cl)cc1. The van der Waals surface area contributed by atoms with E-state index in [-0.39, 0.29) is 46.9 Å². The van der Waals surface area contributed by atoms with Crippen molar-refractivity contribution in [3.8, 4) is 0 Å². The summed E-state index contributed by atoms with van der Waals surface area (Å²) in [6, 6.07) is 21.6. The molecule has 14 heteroatoms. The molecule has 0 aliphatic carbocycles. The molecule has 0 bridgehead atoms. The summed E-state index contributed by atoms with van der Waals surface area (Å²) in [6.45, 7) is -0.607. The first-order chi connectivity index (χ1) is 18.9. The zero-order valence-electron chi connectivity index (χ0n) is 20.2. The van der Waals surface area contributed by atoms with Gasteiger partial charge in [-0.3, -0.25) is 13.8 Å². The van der Waals surface area contributed by atoms with Crippen molar-refractivity contribution in [2.45, 2.75) is 9.79 Å². The van der Waals surface area contributed by atoms with E-state index in [1.165, 1.54) is 66.7 Å². The number of halogens is 4. The maximum Gasteiger partial charge on any atom is 0.264 e. The Bertz CT molecular complexity index is 1770. The zero-order chi connectivity index (χ0) is 29.1. The second kappa shape index (κ2) is 12.3. The van der Waals surface area contributed by atoms with Crippen molar-refractivity contribution in [3.63, 3.8) is 0 Å². The van der Waals surface area contributed by atoms with Crippen molar-refractivity contribution in [2.24, 2.45) is 0 Å². The van der Waals surface area contributed by atoms with Crippen molar-refractivity contribution in [2.75, 3.05) is 20.9 Å². The number of carbonyl (C=O) groups is 1. The van der Waals surface area contributed by atoms with Crippen LogP contribution < -0.4 is 14.3 Å². The lowest BCUT2D eigenvalue weighted by Gasteiger charge is -2.24. The molecule has 4 aromatic rings. The van der Waals surface area contributed by atoms with Gasteiger partial charge in [0.05, 0.1) is 41.3 Å². The first kappa shape index (κ1) is 30.0. The Kier molecular flexibility index (Phi) is 9.19. The highest BCUT2D eigenvalue weighted by Crippen LogP contribution is 2.32. The summed E-state index contributed by atoms with van der Waals surface area (Å²) < 4.78 is 55.8. The number of rotatable bonds is 9. The minimum absolute atomic E-state index is 0.0317. The van der Waals surface area contributed by atoms with Gasteiger partial charge >= 0.3 is 0 Å². The molecule has 0 heterocycles. The second-order valence-electron chi connectivity index (χ2n) is 8.20. The summed E-state index contributed by atoms with van der Waals surface area (Å²) in [6.07, 6.45) is 0. The van der Waals surface area contributed by atoms with E-state index in [1.54, 1.807) is 24.3 Å². The third-order valence-electron chi connectivity index (χ3n) is 5.45. The van der Waals surface area contributed by atoms with Crippen LogP contribution in [0.2, 0.25) is 20.1 Å². The van der Waals surface area contributed by atoms with Crippen molar-refractivity contribution in [1.29, 1.82) is 0 Å². The lowest BCUT2D eigenvalue weighted by atomic mass is 10.3. The molecule has 208 valence electrons. The lowest BCUT2D eigenvalue weighted by molar-refractivity contribution is -0.114. The van der Waals surface area contributed by atoms with Crippen LogP contribution in [0.5, 0.6) is 0 Å². The Balaban J connectivity index is 1.54. The molecule has 0 unspecified atom stereocenters. The van der Waals surface area contributed by atoms with Gasteiger partial charge in [-0.1, -0.05) is 70.7 Å². The van der Waals surface area contributed by atoms with E-state index < -0.39 is 32.5 Å². The second-order valence-corrected chi connectivity index (χ2v) is 13.3. The molecule has 0 aliphatic rings. The number of amides is 1. The average molecular weight is 659 g/mol. The molecule has 0 aliphatic heterocycles. The Labute approximate surface area is 251 Å². The van der Waals surface area contributed by atoms with Gasteiger partial charge in [-0.2, -0.15) is 0 Å². The molecule has 1 amide bonds. The molecule has 0 atom stereocenters. The molecular weight excluding hydrogens is 640 g/mol. The van der Waals surface area contributed by atoms with Gasteiger partial charge in [-0.05, 0) is 66.7 Å². The van der Waals surface area contributed by atoms with Crippen molar-refractivity contribution >= 4 is 89.4 Å². The number of nitrogens with one attached hydrogen (secondary N) is 2. The fourth-order valence-electron chi connectivity index (χ4n) is 3.51. The third-order valence-corrected chi connectivity index (χ3v) is 10.2. The van der Waals surface area contributed by atoms with Crippen molar-refractivity contribution < 1.29 is 21.6 Å². The van der Waals surface area contributed by atoms with Crippen LogP contribution in [0.1, 0.15) is 0 Å². The molecule has 0 saturated carbocycles. The van der Waals surface area contributed by atoms with Gasteiger partial charge < -0.3 is 5.32 Å². The van der Waals surface area contributed by atoms with Crippen molar-refractivity contribution in [1.82, 2.24) is 0 Å². The molecule has 2 N–H and O–H groups in total. The number of nitrogens with zero attached hydrogens (tertiary/aromatic N) is 1. The molecule has 0 radical (unpaired) electrons. The molecule has 0 fully saturated rings. The maximum absolute atomic E-state index is 13.4. The largest absolute Gasteiger partial charge is 0.325 e.